The first-order valence-electron chi connectivity index (χ1n) is 7.93. The summed E-state index contributed by atoms with van der Waals surface area (Å²) < 4.78 is 0. The zero-order valence-corrected chi connectivity index (χ0v) is 13.0. The van der Waals surface area contributed by atoms with Gasteiger partial charge in [-0.2, -0.15) is 0 Å². The first kappa shape index (κ1) is 14.8. The molecule has 1 unspecified atom stereocenters. The maximum atomic E-state index is 12.3. The van der Waals surface area contributed by atoms with Crippen LogP contribution in [0.15, 0.2) is 42.1 Å². The second-order valence-electron chi connectivity index (χ2n) is 6.26. The third-order valence-corrected chi connectivity index (χ3v) is 4.92. The minimum Gasteiger partial charge on any atom is -0.351 e. The van der Waals surface area contributed by atoms with Crippen molar-refractivity contribution in [2.75, 3.05) is 13.6 Å². The summed E-state index contributed by atoms with van der Waals surface area (Å²) in [5.41, 5.74) is 1.70. The van der Waals surface area contributed by atoms with Crippen molar-refractivity contribution >= 4 is 11.8 Å². The monoisotopic (exact) mass is 298 g/mol. The molecule has 1 aliphatic heterocycles. The molecule has 1 aromatic rings. The number of carbonyl (C=O) groups is 2. The van der Waals surface area contributed by atoms with Crippen molar-refractivity contribution in [3.8, 4) is 0 Å². The summed E-state index contributed by atoms with van der Waals surface area (Å²) in [5, 5.41) is 3.08. The van der Waals surface area contributed by atoms with E-state index in [0.717, 1.165) is 31.4 Å². The van der Waals surface area contributed by atoms with Gasteiger partial charge in [-0.3, -0.25) is 9.59 Å². The number of fused-ring (bicyclic) bond motifs is 1. The number of rotatable bonds is 3. The maximum absolute atomic E-state index is 12.3. The molecule has 0 aromatic heterocycles. The number of allylic oxidation sites excluding steroid dienone is 1. The van der Waals surface area contributed by atoms with Crippen molar-refractivity contribution in [1.29, 1.82) is 0 Å². The summed E-state index contributed by atoms with van der Waals surface area (Å²) in [6.45, 7) is 0.601. The summed E-state index contributed by atoms with van der Waals surface area (Å²) >= 11 is 0. The average molecular weight is 298 g/mol. The first-order valence-corrected chi connectivity index (χ1v) is 7.93. The van der Waals surface area contributed by atoms with Crippen LogP contribution in [0.25, 0.3) is 0 Å². The molecular weight excluding hydrogens is 276 g/mol. The van der Waals surface area contributed by atoms with E-state index in [-0.39, 0.29) is 17.2 Å². The Balaban J connectivity index is 1.75. The highest BCUT2D eigenvalue weighted by molar-refractivity contribution is 5.94. The van der Waals surface area contributed by atoms with Gasteiger partial charge in [-0.1, -0.05) is 24.3 Å². The van der Waals surface area contributed by atoms with Gasteiger partial charge in [0.25, 0.3) is 5.91 Å². The summed E-state index contributed by atoms with van der Waals surface area (Å²) in [7, 11) is 1.85. The van der Waals surface area contributed by atoms with Crippen molar-refractivity contribution in [2.24, 2.45) is 5.41 Å². The Bertz CT molecular complexity index is 609. The fourth-order valence-electron chi connectivity index (χ4n) is 3.63. The van der Waals surface area contributed by atoms with E-state index in [9.17, 15) is 9.59 Å². The third kappa shape index (κ3) is 2.65. The number of piperidine rings is 1. The van der Waals surface area contributed by atoms with Crippen LogP contribution in [0.4, 0.5) is 0 Å². The molecule has 1 N–H and O–H groups in total. The SMILES string of the molecule is CN1C(=O)CCC2(CNC(=O)c3ccccc3)CCCC=C12. The molecule has 0 radical (unpaired) electrons. The van der Waals surface area contributed by atoms with E-state index < -0.39 is 0 Å². The molecule has 2 amide bonds. The molecule has 3 rings (SSSR count). The Morgan fingerprint density at radius 2 is 2.05 bits per heavy atom. The van der Waals surface area contributed by atoms with Crippen molar-refractivity contribution in [1.82, 2.24) is 10.2 Å². The van der Waals surface area contributed by atoms with Gasteiger partial charge >= 0.3 is 0 Å². The lowest BCUT2D eigenvalue weighted by Gasteiger charge is -2.46. The molecule has 1 heterocycles. The summed E-state index contributed by atoms with van der Waals surface area (Å²) in [6, 6.07) is 9.28. The molecule has 4 heteroatoms. The summed E-state index contributed by atoms with van der Waals surface area (Å²) in [6.07, 6.45) is 6.74. The number of benzene rings is 1. The van der Waals surface area contributed by atoms with Gasteiger partial charge in [0.1, 0.15) is 0 Å². The highest BCUT2D eigenvalue weighted by Gasteiger charge is 2.43. The van der Waals surface area contributed by atoms with Gasteiger partial charge in [-0.15, -0.1) is 0 Å². The van der Waals surface area contributed by atoms with Crippen LogP contribution in [0, 0.1) is 5.41 Å². The lowest BCUT2D eigenvalue weighted by Crippen LogP contribution is -2.49. The Hall–Kier alpha value is -2.10. The highest BCUT2D eigenvalue weighted by Crippen LogP contribution is 2.45. The Morgan fingerprint density at radius 1 is 1.27 bits per heavy atom. The second kappa shape index (κ2) is 5.95. The van der Waals surface area contributed by atoms with E-state index >= 15 is 0 Å². The summed E-state index contributed by atoms with van der Waals surface area (Å²) in [4.78, 5) is 26.0. The fourth-order valence-corrected chi connectivity index (χ4v) is 3.63. The zero-order valence-electron chi connectivity index (χ0n) is 13.0. The van der Waals surface area contributed by atoms with Gasteiger partial charge < -0.3 is 10.2 Å². The van der Waals surface area contributed by atoms with Crippen LogP contribution < -0.4 is 5.32 Å². The van der Waals surface area contributed by atoms with Crippen LogP contribution in [0.5, 0.6) is 0 Å². The van der Waals surface area contributed by atoms with Gasteiger partial charge in [0.2, 0.25) is 5.91 Å². The molecule has 0 spiro atoms. The van der Waals surface area contributed by atoms with Crippen molar-refractivity contribution in [3.63, 3.8) is 0 Å². The molecule has 1 atom stereocenters. The molecule has 1 aliphatic carbocycles. The molecule has 2 aliphatic rings. The maximum Gasteiger partial charge on any atom is 0.251 e. The molecule has 0 saturated carbocycles. The normalized spacial score (nSPS) is 24.5. The Kier molecular flexibility index (Phi) is 4.01. The van der Waals surface area contributed by atoms with Crippen molar-refractivity contribution in [3.05, 3.63) is 47.7 Å². The van der Waals surface area contributed by atoms with Gasteiger partial charge in [0, 0.05) is 36.7 Å². The predicted molar refractivity (Wildman–Crippen MR) is 85.1 cm³/mol. The van der Waals surface area contributed by atoms with Crippen LogP contribution in [-0.2, 0) is 4.79 Å². The number of hydrogen-bond donors (Lipinski definition) is 1. The number of likely N-dealkylation sites (tertiary alicyclic amines) is 1. The van der Waals surface area contributed by atoms with Crippen LogP contribution in [-0.4, -0.2) is 30.3 Å². The lowest BCUT2D eigenvalue weighted by molar-refractivity contribution is -0.132. The second-order valence-corrected chi connectivity index (χ2v) is 6.26. The van der Waals surface area contributed by atoms with Crippen LogP contribution in [0.1, 0.15) is 42.5 Å². The van der Waals surface area contributed by atoms with Crippen LogP contribution >= 0.6 is 0 Å². The quantitative estimate of drug-likeness (QED) is 0.933. The summed E-state index contributed by atoms with van der Waals surface area (Å²) in [5.74, 6) is 0.137. The first-order chi connectivity index (χ1) is 10.6. The van der Waals surface area contributed by atoms with Gasteiger partial charge in [-0.05, 0) is 37.8 Å². The minimum atomic E-state index is -0.0780. The highest BCUT2D eigenvalue weighted by atomic mass is 16.2. The molecule has 1 aromatic carbocycles. The number of carbonyl (C=O) groups excluding carboxylic acids is 2. The minimum absolute atomic E-state index is 0.0422. The predicted octanol–water partition coefficient (Wildman–Crippen LogP) is 2.72. The number of amides is 2. The molecule has 4 nitrogen and oxygen atoms in total. The lowest BCUT2D eigenvalue weighted by atomic mass is 9.70. The van der Waals surface area contributed by atoms with E-state index in [1.165, 1.54) is 0 Å². The number of nitrogens with one attached hydrogen (secondary N) is 1. The van der Waals surface area contributed by atoms with Crippen LogP contribution in [0.3, 0.4) is 0 Å². The molecule has 22 heavy (non-hydrogen) atoms. The van der Waals surface area contributed by atoms with E-state index in [0.29, 0.717) is 18.5 Å². The van der Waals surface area contributed by atoms with Gasteiger partial charge in [-0.25, -0.2) is 0 Å². The zero-order chi connectivity index (χ0) is 15.6. The fraction of sp³-hybridized carbons (Fsp3) is 0.444. The van der Waals surface area contributed by atoms with Crippen molar-refractivity contribution < 1.29 is 9.59 Å². The molecular formula is C18H22N2O2. The molecule has 116 valence electrons. The number of nitrogens with zero attached hydrogens (tertiary/aromatic N) is 1. The van der Waals surface area contributed by atoms with Gasteiger partial charge in [0.05, 0.1) is 0 Å². The molecule has 1 fully saturated rings. The van der Waals surface area contributed by atoms with E-state index in [1.807, 2.05) is 37.4 Å². The van der Waals surface area contributed by atoms with E-state index in [2.05, 4.69) is 11.4 Å². The van der Waals surface area contributed by atoms with Gasteiger partial charge in [0.15, 0.2) is 0 Å². The smallest absolute Gasteiger partial charge is 0.251 e. The Labute approximate surface area is 131 Å². The van der Waals surface area contributed by atoms with Crippen molar-refractivity contribution in [2.45, 2.75) is 32.1 Å². The molecule has 0 bridgehead atoms. The van der Waals surface area contributed by atoms with E-state index in [4.69, 9.17) is 0 Å². The average Bonchev–Trinajstić information content (AvgIpc) is 2.57. The number of hydrogen-bond acceptors (Lipinski definition) is 2. The largest absolute Gasteiger partial charge is 0.351 e. The third-order valence-electron chi connectivity index (χ3n) is 4.92. The standard InChI is InChI=1S/C18H22N2O2/c1-20-15-9-5-6-11-18(15,12-10-16(20)21)13-19-17(22)14-7-3-2-4-8-14/h2-4,7-9H,5-6,10-13H2,1H3,(H,19,22). The van der Waals surface area contributed by atoms with E-state index in [1.54, 1.807) is 4.90 Å². The topological polar surface area (TPSA) is 49.4 Å². The molecule has 1 saturated heterocycles. The Morgan fingerprint density at radius 3 is 2.82 bits per heavy atom. The van der Waals surface area contributed by atoms with Crippen LogP contribution in [0.2, 0.25) is 0 Å².